The second-order valence-corrected chi connectivity index (χ2v) is 7.10. The van der Waals surface area contributed by atoms with Gasteiger partial charge in [-0.15, -0.1) is 0 Å². The number of hydrogen-bond donors (Lipinski definition) is 1. The second-order valence-electron chi connectivity index (χ2n) is 5.70. The second kappa shape index (κ2) is 5.37. The van der Waals surface area contributed by atoms with Crippen LogP contribution < -0.4 is 5.32 Å². The van der Waals surface area contributed by atoms with Crippen LogP contribution in [-0.4, -0.2) is 32.1 Å². The van der Waals surface area contributed by atoms with Gasteiger partial charge in [0.15, 0.2) is 5.65 Å². The Labute approximate surface area is 123 Å². The third kappa shape index (κ3) is 2.23. The largest absolute Gasteiger partial charge is 0.297 e. The summed E-state index contributed by atoms with van der Waals surface area (Å²) in [5.41, 5.74) is 2.09. The molecule has 0 radical (unpaired) electrons. The Morgan fingerprint density at radius 2 is 2.35 bits per heavy atom. The summed E-state index contributed by atoms with van der Waals surface area (Å²) < 4.78 is 2.36. The fraction of sp³-hybridized carbons (Fsp3) is 0.600. The molecule has 0 saturated carbocycles. The van der Waals surface area contributed by atoms with Crippen molar-refractivity contribution in [2.75, 3.05) is 12.3 Å². The van der Waals surface area contributed by atoms with Crippen LogP contribution in [0.4, 0.5) is 0 Å². The van der Waals surface area contributed by atoms with Crippen LogP contribution in [0.2, 0.25) is 0 Å². The van der Waals surface area contributed by atoms with Gasteiger partial charge in [-0.3, -0.25) is 9.88 Å². The predicted octanol–water partition coefficient (Wildman–Crippen LogP) is 2.75. The number of thioether (sulfide) groups is 1. The van der Waals surface area contributed by atoms with Crippen LogP contribution in [0.1, 0.15) is 37.7 Å². The van der Waals surface area contributed by atoms with E-state index in [9.17, 15) is 0 Å². The SMILES string of the molecule is c1cnc2c(c1)nc(CC1CCCS1)n2C1CCCN1. The number of fused-ring (bicyclic) bond motifs is 1. The van der Waals surface area contributed by atoms with Gasteiger partial charge in [0, 0.05) is 17.9 Å². The Morgan fingerprint density at radius 3 is 3.15 bits per heavy atom. The Hall–Kier alpha value is -1.07. The molecule has 4 rings (SSSR count). The summed E-state index contributed by atoms with van der Waals surface area (Å²) >= 11 is 2.10. The molecule has 2 aliphatic heterocycles. The molecule has 2 fully saturated rings. The number of imidazole rings is 1. The van der Waals surface area contributed by atoms with E-state index in [1.165, 1.54) is 37.3 Å². The minimum Gasteiger partial charge on any atom is -0.297 e. The Morgan fingerprint density at radius 1 is 1.35 bits per heavy atom. The van der Waals surface area contributed by atoms with Crippen molar-refractivity contribution in [2.45, 2.75) is 43.5 Å². The maximum atomic E-state index is 4.87. The van der Waals surface area contributed by atoms with Crippen molar-refractivity contribution in [1.82, 2.24) is 19.9 Å². The zero-order valence-corrected chi connectivity index (χ0v) is 12.4. The molecule has 4 nitrogen and oxygen atoms in total. The highest BCUT2D eigenvalue weighted by Crippen LogP contribution is 2.31. The summed E-state index contributed by atoms with van der Waals surface area (Å²) in [6, 6.07) is 4.06. The molecule has 4 heterocycles. The number of rotatable bonds is 3. The lowest BCUT2D eigenvalue weighted by atomic mass is 10.2. The fourth-order valence-electron chi connectivity index (χ4n) is 3.34. The first kappa shape index (κ1) is 12.7. The van der Waals surface area contributed by atoms with Crippen molar-refractivity contribution in [1.29, 1.82) is 0 Å². The van der Waals surface area contributed by atoms with E-state index in [0.29, 0.717) is 6.17 Å². The van der Waals surface area contributed by atoms with Crippen molar-refractivity contribution >= 4 is 22.9 Å². The zero-order valence-electron chi connectivity index (χ0n) is 11.6. The summed E-state index contributed by atoms with van der Waals surface area (Å²) in [6.07, 6.45) is 8.47. The average molecular weight is 288 g/mol. The van der Waals surface area contributed by atoms with Gasteiger partial charge in [-0.1, -0.05) is 0 Å². The van der Waals surface area contributed by atoms with Gasteiger partial charge in [-0.05, 0) is 50.1 Å². The smallest absolute Gasteiger partial charge is 0.161 e. The maximum absolute atomic E-state index is 4.87. The topological polar surface area (TPSA) is 42.7 Å². The molecule has 2 atom stereocenters. The van der Waals surface area contributed by atoms with Gasteiger partial charge in [-0.25, -0.2) is 9.97 Å². The van der Waals surface area contributed by atoms with E-state index in [4.69, 9.17) is 4.98 Å². The molecule has 0 bridgehead atoms. The van der Waals surface area contributed by atoms with Gasteiger partial charge < -0.3 is 0 Å². The molecule has 0 spiro atoms. The summed E-state index contributed by atoms with van der Waals surface area (Å²) in [6.45, 7) is 1.11. The van der Waals surface area contributed by atoms with Gasteiger partial charge in [-0.2, -0.15) is 11.8 Å². The maximum Gasteiger partial charge on any atom is 0.161 e. The molecule has 5 heteroatoms. The van der Waals surface area contributed by atoms with Gasteiger partial charge >= 0.3 is 0 Å². The van der Waals surface area contributed by atoms with Crippen molar-refractivity contribution in [3.05, 3.63) is 24.2 Å². The number of aromatic nitrogens is 3. The van der Waals surface area contributed by atoms with E-state index >= 15 is 0 Å². The Balaban J connectivity index is 1.74. The molecule has 2 unspecified atom stereocenters. The fourth-order valence-corrected chi connectivity index (χ4v) is 4.61. The predicted molar refractivity (Wildman–Crippen MR) is 83.0 cm³/mol. The van der Waals surface area contributed by atoms with Crippen LogP contribution >= 0.6 is 11.8 Å². The molecule has 1 N–H and O–H groups in total. The zero-order chi connectivity index (χ0) is 13.4. The normalized spacial score (nSPS) is 26.6. The van der Waals surface area contributed by atoms with Crippen molar-refractivity contribution in [2.24, 2.45) is 0 Å². The molecule has 20 heavy (non-hydrogen) atoms. The lowest BCUT2D eigenvalue weighted by molar-refractivity contribution is 0.459. The molecule has 2 saturated heterocycles. The molecule has 2 aliphatic rings. The third-order valence-corrected chi connectivity index (χ3v) is 5.70. The summed E-state index contributed by atoms with van der Waals surface area (Å²) in [7, 11) is 0. The van der Waals surface area contributed by atoms with Crippen molar-refractivity contribution < 1.29 is 0 Å². The summed E-state index contributed by atoms with van der Waals surface area (Å²) in [4.78, 5) is 9.44. The monoisotopic (exact) mass is 288 g/mol. The number of hydrogen-bond acceptors (Lipinski definition) is 4. The van der Waals surface area contributed by atoms with Crippen LogP contribution in [0.5, 0.6) is 0 Å². The summed E-state index contributed by atoms with van der Waals surface area (Å²) in [5.74, 6) is 2.53. The van der Waals surface area contributed by atoms with E-state index in [-0.39, 0.29) is 0 Å². The first-order valence-electron chi connectivity index (χ1n) is 7.58. The highest BCUT2D eigenvalue weighted by molar-refractivity contribution is 8.00. The van der Waals surface area contributed by atoms with Crippen molar-refractivity contribution in [3.63, 3.8) is 0 Å². The van der Waals surface area contributed by atoms with E-state index in [0.717, 1.165) is 29.4 Å². The standard InChI is InChI=1S/C15H20N4S/c1-5-12-15(17-8-1)19(13-6-2-7-16-13)14(18-12)10-11-4-3-9-20-11/h1,5,8,11,13,16H,2-4,6-7,9-10H2. The van der Waals surface area contributed by atoms with E-state index in [1.54, 1.807) is 0 Å². The first-order chi connectivity index (χ1) is 9.92. The van der Waals surface area contributed by atoms with Gasteiger partial charge in [0.2, 0.25) is 0 Å². The van der Waals surface area contributed by atoms with E-state index in [1.807, 2.05) is 12.3 Å². The lowest BCUT2D eigenvalue weighted by Gasteiger charge is -2.17. The lowest BCUT2D eigenvalue weighted by Crippen LogP contribution is -2.23. The molecule has 0 aliphatic carbocycles. The Bertz CT molecular complexity index is 597. The van der Waals surface area contributed by atoms with Crippen LogP contribution in [0, 0.1) is 0 Å². The van der Waals surface area contributed by atoms with Crippen LogP contribution in [0.3, 0.4) is 0 Å². The average Bonchev–Trinajstić information content (AvgIpc) is 3.18. The summed E-state index contributed by atoms with van der Waals surface area (Å²) in [5, 5.41) is 4.34. The van der Waals surface area contributed by atoms with Gasteiger partial charge in [0.25, 0.3) is 0 Å². The van der Waals surface area contributed by atoms with Gasteiger partial charge in [0.1, 0.15) is 11.3 Å². The highest BCUT2D eigenvalue weighted by atomic mass is 32.2. The van der Waals surface area contributed by atoms with Gasteiger partial charge in [0.05, 0.1) is 6.17 Å². The Kier molecular flexibility index (Phi) is 3.40. The van der Waals surface area contributed by atoms with Crippen molar-refractivity contribution in [3.8, 4) is 0 Å². The minimum absolute atomic E-state index is 0.385. The van der Waals surface area contributed by atoms with Crippen LogP contribution in [0.25, 0.3) is 11.2 Å². The molecule has 2 aromatic heterocycles. The number of pyridine rings is 1. The quantitative estimate of drug-likeness (QED) is 0.943. The molecular weight excluding hydrogens is 268 g/mol. The first-order valence-corrected chi connectivity index (χ1v) is 8.63. The van der Waals surface area contributed by atoms with Crippen LogP contribution in [-0.2, 0) is 6.42 Å². The number of nitrogens with one attached hydrogen (secondary N) is 1. The highest BCUT2D eigenvalue weighted by Gasteiger charge is 2.25. The molecular formula is C15H20N4S. The molecule has 0 aromatic carbocycles. The molecule has 106 valence electrons. The van der Waals surface area contributed by atoms with E-state index < -0.39 is 0 Å². The third-order valence-electron chi connectivity index (χ3n) is 4.30. The molecule has 0 amide bonds. The van der Waals surface area contributed by atoms with Crippen LogP contribution in [0.15, 0.2) is 18.3 Å². The molecule has 2 aromatic rings. The number of nitrogens with zero attached hydrogens (tertiary/aromatic N) is 3. The minimum atomic E-state index is 0.385. The van der Waals surface area contributed by atoms with E-state index in [2.05, 4.69) is 32.7 Å².